The quantitative estimate of drug-likeness (QED) is 0.770. The molecule has 0 radical (unpaired) electrons. The number of aromatic amines is 1. The molecule has 0 aliphatic heterocycles. The normalized spacial score (nSPS) is 10.7. The minimum Gasteiger partial charge on any atom is -0.492 e. The Morgan fingerprint density at radius 2 is 1.90 bits per heavy atom. The predicted molar refractivity (Wildman–Crippen MR) is 88.4 cm³/mol. The second-order valence-corrected chi connectivity index (χ2v) is 6.19. The van der Waals surface area contributed by atoms with Crippen LogP contribution in [0.3, 0.4) is 0 Å². The first-order valence-electron chi connectivity index (χ1n) is 6.39. The van der Waals surface area contributed by atoms with E-state index in [2.05, 4.69) is 59.5 Å². The predicted octanol–water partition coefficient (Wildman–Crippen LogP) is 4.56. The Labute approximate surface area is 135 Å². The van der Waals surface area contributed by atoms with E-state index < -0.39 is 0 Å². The van der Waals surface area contributed by atoms with Crippen molar-refractivity contribution in [3.05, 3.63) is 38.0 Å². The molecule has 20 heavy (non-hydrogen) atoms. The van der Waals surface area contributed by atoms with Gasteiger partial charge in [0.05, 0.1) is 32.6 Å². The van der Waals surface area contributed by atoms with Crippen LogP contribution in [0.4, 0.5) is 5.69 Å². The Bertz CT molecular complexity index is 568. The highest BCUT2D eigenvalue weighted by Gasteiger charge is 2.10. The first kappa shape index (κ1) is 15.4. The van der Waals surface area contributed by atoms with Crippen molar-refractivity contribution in [3.8, 4) is 5.75 Å². The molecule has 0 bridgehead atoms. The van der Waals surface area contributed by atoms with Crippen LogP contribution in [-0.2, 0) is 6.54 Å². The summed E-state index contributed by atoms with van der Waals surface area (Å²) < 4.78 is 7.48. The van der Waals surface area contributed by atoms with Crippen molar-refractivity contribution in [2.45, 2.75) is 27.3 Å². The van der Waals surface area contributed by atoms with Crippen LogP contribution in [0.15, 0.2) is 21.1 Å². The van der Waals surface area contributed by atoms with Gasteiger partial charge in [0.25, 0.3) is 0 Å². The third-order valence-corrected chi connectivity index (χ3v) is 4.12. The van der Waals surface area contributed by atoms with Gasteiger partial charge in [-0.05, 0) is 70.3 Å². The largest absolute Gasteiger partial charge is 0.492 e. The molecule has 0 fully saturated rings. The topological polar surface area (TPSA) is 49.9 Å². The molecule has 1 heterocycles. The van der Waals surface area contributed by atoms with Gasteiger partial charge in [-0.3, -0.25) is 5.10 Å². The fraction of sp³-hybridized carbons (Fsp3) is 0.357. The smallest absolute Gasteiger partial charge is 0.147 e. The molecule has 0 spiro atoms. The molecule has 2 N–H and O–H groups in total. The van der Waals surface area contributed by atoms with Crippen LogP contribution < -0.4 is 10.1 Å². The van der Waals surface area contributed by atoms with E-state index in [9.17, 15) is 0 Å². The number of nitrogens with one attached hydrogen (secondary N) is 2. The van der Waals surface area contributed by atoms with Gasteiger partial charge in [0.1, 0.15) is 5.75 Å². The van der Waals surface area contributed by atoms with Gasteiger partial charge in [-0.15, -0.1) is 0 Å². The minimum absolute atomic E-state index is 0.641. The van der Waals surface area contributed by atoms with E-state index in [1.807, 2.05) is 20.8 Å². The number of H-pyrrole nitrogens is 1. The summed E-state index contributed by atoms with van der Waals surface area (Å²) in [6, 6.07) is 4.13. The summed E-state index contributed by atoms with van der Waals surface area (Å²) in [4.78, 5) is 0. The van der Waals surface area contributed by atoms with Gasteiger partial charge in [-0.2, -0.15) is 5.10 Å². The molecule has 0 saturated carbocycles. The van der Waals surface area contributed by atoms with Crippen LogP contribution in [0.2, 0.25) is 0 Å². The van der Waals surface area contributed by atoms with E-state index in [1.54, 1.807) is 0 Å². The van der Waals surface area contributed by atoms with Gasteiger partial charge in [0.2, 0.25) is 0 Å². The summed E-state index contributed by atoms with van der Waals surface area (Å²) in [5.41, 5.74) is 4.25. The van der Waals surface area contributed by atoms with E-state index >= 15 is 0 Å². The average molecular weight is 403 g/mol. The Morgan fingerprint density at radius 3 is 2.40 bits per heavy atom. The third kappa shape index (κ3) is 3.35. The van der Waals surface area contributed by atoms with Crippen LogP contribution >= 0.6 is 31.9 Å². The molecule has 0 atom stereocenters. The molecule has 1 aromatic heterocycles. The van der Waals surface area contributed by atoms with Crippen molar-refractivity contribution in [1.82, 2.24) is 10.2 Å². The molecule has 2 rings (SSSR count). The molecule has 0 saturated heterocycles. The van der Waals surface area contributed by atoms with Crippen molar-refractivity contribution >= 4 is 37.5 Å². The van der Waals surface area contributed by atoms with E-state index in [-0.39, 0.29) is 0 Å². The summed E-state index contributed by atoms with van der Waals surface area (Å²) in [6.45, 7) is 7.33. The number of hydrogen-bond acceptors (Lipinski definition) is 3. The number of ether oxygens (including phenoxy) is 1. The molecule has 0 amide bonds. The molecule has 1 aromatic carbocycles. The van der Waals surface area contributed by atoms with Crippen LogP contribution in [0, 0.1) is 13.8 Å². The fourth-order valence-corrected chi connectivity index (χ4v) is 3.51. The van der Waals surface area contributed by atoms with E-state index in [0.717, 1.165) is 43.9 Å². The monoisotopic (exact) mass is 401 g/mol. The van der Waals surface area contributed by atoms with Crippen LogP contribution in [-0.4, -0.2) is 16.8 Å². The number of nitrogens with zero attached hydrogens (tertiary/aromatic N) is 1. The molecule has 2 aromatic rings. The zero-order valence-electron chi connectivity index (χ0n) is 11.7. The van der Waals surface area contributed by atoms with Crippen molar-refractivity contribution in [3.63, 3.8) is 0 Å². The number of hydrogen-bond donors (Lipinski definition) is 2. The highest BCUT2D eigenvalue weighted by atomic mass is 79.9. The maximum atomic E-state index is 5.58. The lowest BCUT2D eigenvalue weighted by molar-refractivity contribution is 0.336. The number of anilines is 1. The lowest BCUT2D eigenvalue weighted by Gasteiger charge is -2.12. The highest BCUT2D eigenvalue weighted by Crippen LogP contribution is 2.35. The van der Waals surface area contributed by atoms with Crippen molar-refractivity contribution in [2.24, 2.45) is 0 Å². The molecule has 4 nitrogen and oxygen atoms in total. The highest BCUT2D eigenvalue weighted by molar-refractivity contribution is 9.11. The van der Waals surface area contributed by atoms with Crippen LogP contribution in [0.1, 0.15) is 23.9 Å². The number of benzene rings is 1. The first-order chi connectivity index (χ1) is 9.52. The molecule has 0 aliphatic rings. The van der Waals surface area contributed by atoms with Gasteiger partial charge in [-0.25, -0.2) is 0 Å². The molecule has 108 valence electrons. The second-order valence-electron chi connectivity index (χ2n) is 4.48. The van der Waals surface area contributed by atoms with E-state index in [0.29, 0.717) is 6.61 Å². The summed E-state index contributed by atoms with van der Waals surface area (Å²) in [5.74, 6) is 0.840. The summed E-state index contributed by atoms with van der Waals surface area (Å²) in [7, 11) is 0. The average Bonchev–Trinajstić information content (AvgIpc) is 2.71. The molecular weight excluding hydrogens is 386 g/mol. The van der Waals surface area contributed by atoms with E-state index in [1.165, 1.54) is 0 Å². The van der Waals surface area contributed by atoms with Crippen LogP contribution in [0.5, 0.6) is 5.75 Å². The van der Waals surface area contributed by atoms with Crippen molar-refractivity contribution < 1.29 is 4.74 Å². The van der Waals surface area contributed by atoms with Gasteiger partial charge in [0, 0.05) is 6.54 Å². The van der Waals surface area contributed by atoms with Gasteiger partial charge >= 0.3 is 0 Å². The summed E-state index contributed by atoms with van der Waals surface area (Å²) in [6.07, 6.45) is 0. The maximum absolute atomic E-state index is 5.58. The Hall–Kier alpha value is -1.01. The molecule has 0 unspecified atom stereocenters. The number of rotatable bonds is 5. The lowest BCUT2D eigenvalue weighted by atomic mass is 10.2. The van der Waals surface area contributed by atoms with Gasteiger partial charge in [0.15, 0.2) is 0 Å². The first-order valence-corrected chi connectivity index (χ1v) is 7.97. The fourth-order valence-electron chi connectivity index (χ4n) is 2.00. The molecular formula is C14H17Br2N3O. The summed E-state index contributed by atoms with van der Waals surface area (Å²) >= 11 is 7.09. The summed E-state index contributed by atoms with van der Waals surface area (Å²) in [5, 5.41) is 10.6. The minimum atomic E-state index is 0.641. The Morgan fingerprint density at radius 1 is 1.25 bits per heavy atom. The van der Waals surface area contributed by atoms with E-state index in [4.69, 9.17) is 4.74 Å². The molecule has 6 heteroatoms. The SMILES string of the molecule is CCOc1c(Br)cc(CNc2c(C)n[nH]c2C)cc1Br. The van der Waals surface area contributed by atoms with Crippen LogP contribution in [0.25, 0.3) is 0 Å². The van der Waals surface area contributed by atoms with Gasteiger partial charge < -0.3 is 10.1 Å². The maximum Gasteiger partial charge on any atom is 0.147 e. The van der Waals surface area contributed by atoms with Crippen molar-refractivity contribution in [2.75, 3.05) is 11.9 Å². The van der Waals surface area contributed by atoms with Crippen molar-refractivity contribution in [1.29, 1.82) is 0 Å². The zero-order valence-corrected chi connectivity index (χ0v) is 14.9. The number of halogens is 2. The Kier molecular flexibility index (Phi) is 5.10. The standard InChI is InChI=1S/C14H17Br2N3O/c1-4-20-14-11(15)5-10(6-12(14)16)7-17-13-8(2)18-19-9(13)3/h5-6,17H,4,7H2,1-3H3,(H,18,19). The molecule has 0 aliphatic carbocycles. The number of aryl methyl sites for hydroxylation is 2. The number of aromatic nitrogens is 2. The Balaban J connectivity index is 2.15. The lowest BCUT2D eigenvalue weighted by Crippen LogP contribution is -2.02. The third-order valence-electron chi connectivity index (χ3n) is 2.94. The second kappa shape index (κ2) is 6.63. The zero-order chi connectivity index (χ0) is 14.7. The van der Waals surface area contributed by atoms with Gasteiger partial charge in [-0.1, -0.05) is 0 Å².